The lowest BCUT2D eigenvalue weighted by Crippen LogP contribution is -2.34. The molecule has 1 saturated heterocycles. The second kappa shape index (κ2) is 6.76. The molecule has 0 radical (unpaired) electrons. The Kier molecular flexibility index (Phi) is 4.71. The van der Waals surface area contributed by atoms with E-state index < -0.39 is 11.7 Å². The standard InChI is InChI=1S/C17H19F3N4/c1-23(16-6-8-21-12-22-16)15-7-9-24(11-15)10-13-2-4-14(5-3-13)17(18,19)20/h2-6,8,12,15H,7,9-11H2,1H3. The lowest BCUT2D eigenvalue weighted by molar-refractivity contribution is -0.137. The Labute approximate surface area is 138 Å². The van der Waals surface area contributed by atoms with Crippen molar-refractivity contribution in [3.8, 4) is 0 Å². The minimum absolute atomic E-state index is 0.342. The van der Waals surface area contributed by atoms with Gasteiger partial charge in [0.05, 0.1) is 5.56 Å². The first kappa shape index (κ1) is 16.7. The van der Waals surface area contributed by atoms with Crippen LogP contribution in [0.15, 0.2) is 42.9 Å². The summed E-state index contributed by atoms with van der Waals surface area (Å²) in [5, 5.41) is 0. The smallest absolute Gasteiger partial charge is 0.355 e. The van der Waals surface area contributed by atoms with Crippen LogP contribution in [-0.2, 0) is 12.7 Å². The van der Waals surface area contributed by atoms with E-state index >= 15 is 0 Å². The van der Waals surface area contributed by atoms with Gasteiger partial charge in [-0.3, -0.25) is 4.90 Å². The van der Waals surface area contributed by atoms with Gasteiger partial charge < -0.3 is 4.90 Å². The number of benzene rings is 1. The second-order valence-corrected chi connectivity index (χ2v) is 6.05. The summed E-state index contributed by atoms with van der Waals surface area (Å²) in [7, 11) is 2.01. The predicted molar refractivity (Wildman–Crippen MR) is 85.6 cm³/mol. The van der Waals surface area contributed by atoms with E-state index in [2.05, 4.69) is 19.8 Å². The summed E-state index contributed by atoms with van der Waals surface area (Å²) >= 11 is 0. The Bertz CT molecular complexity index is 658. The third-order valence-corrected chi connectivity index (χ3v) is 4.41. The number of hydrogen-bond donors (Lipinski definition) is 0. The largest absolute Gasteiger partial charge is 0.416 e. The lowest BCUT2D eigenvalue weighted by atomic mass is 10.1. The van der Waals surface area contributed by atoms with Crippen LogP contribution >= 0.6 is 0 Å². The molecule has 1 atom stereocenters. The van der Waals surface area contributed by atoms with Crippen molar-refractivity contribution in [1.82, 2.24) is 14.9 Å². The maximum atomic E-state index is 12.6. The molecule has 7 heteroatoms. The van der Waals surface area contributed by atoms with Crippen molar-refractivity contribution < 1.29 is 13.2 Å². The summed E-state index contributed by atoms with van der Waals surface area (Å²) in [6.45, 7) is 2.44. The van der Waals surface area contributed by atoms with Gasteiger partial charge in [0.2, 0.25) is 0 Å². The summed E-state index contributed by atoms with van der Waals surface area (Å²) in [4.78, 5) is 12.6. The van der Waals surface area contributed by atoms with E-state index in [1.165, 1.54) is 6.33 Å². The molecule has 2 aromatic rings. The number of alkyl halides is 3. The highest BCUT2D eigenvalue weighted by atomic mass is 19.4. The molecule has 0 N–H and O–H groups in total. The van der Waals surface area contributed by atoms with E-state index in [1.807, 2.05) is 13.1 Å². The van der Waals surface area contributed by atoms with Gasteiger partial charge >= 0.3 is 6.18 Å². The predicted octanol–water partition coefficient (Wildman–Crippen LogP) is 3.21. The third kappa shape index (κ3) is 3.84. The average molecular weight is 336 g/mol. The monoisotopic (exact) mass is 336 g/mol. The number of nitrogens with zero attached hydrogens (tertiary/aromatic N) is 4. The molecule has 1 aromatic heterocycles. The highest BCUT2D eigenvalue weighted by Gasteiger charge is 2.30. The molecule has 0 amide bonds. The Morgan fingerprint density at radius 3 is 2.58 bits per heavy atom. The van der Waals surface area contributed by atoms with Crippen LogP contribution in [0, 0.1) is 0 Å². The van der Waals surface area contributed by atoms with Gasteiger partial charge in [-0.05, 0) is 30.2 Å². The molecule has 1 aliphatic heterocycles. The van der Waals surface area contributed by atoms with Gasteiger partial charge in [-0.1, -0.05) is 12.1 Å². The summed E-state index contributed by atoms with van der Waals surface area (Å²) < 4.78 is 37.8. The lowest BCUT2D eigenvalue weighted by Gasteiger charge is -2.25. The van der Waals surface area contributed by atoms with E-state index in [9.17, 15) is 13.2 Å². The number of rotatable bonds is 4. The maximum absolute atomic E-state index is 12.6. The fourth-order valence-corrected chi connectivity index (χ4v) is 3.01. The van der Waals surface area contributed by atoms with Gasteiger partial charge in [-0.15, -0.1) is 0 Å². The van der Waals surface area contributed by atoms with Crippen molar-refractivity contribution in [2.24, 2.45) is 0 Å². The van der Waals surface area contributed by atoms with Crippen molar-refractivity contribution in [3.63, 3.8) is 0 Å². The van der Waals surface area contributed by atoms with Crippen LogP contribution in [0.2, 0.25) is 0 Å². The zero-order valence-electron chi connectivity index (χ0n) is 13.4. The fourth-order valence-electron chi connectivity index (χ4n) is 3.01. The number of likely N-dealkylation sites (N-methyl/N-ethyl adjacent to an activating group) is 1. The van der Waals surface area contributed by atoms with Gasteiger partial charge in [-0.25, -0.2) is 9.97 Å². The van der Waals surface area contributed by atoms with E-state index in [0.717, 1.165) is 43.0 Å². The summed E-state index contributed by atoms with van der Waals surface area (Å²) in [6, 6.07) is 7.63. The Hall–Kier alpha value is -2.15. The Morgan fingerprint density at radius 1 is 1.21 bits per heavy atom. The van der Waals surface area contributed by atoms with Crippen LogP contribution in [0.1, 0.15) is 17.5 Å². The molecule has 1 aliphatic rings. The van der Waals surface area contributed by atoms with Crippen molar-refractivity contribution in [1.29, 1.82) is 0 Å². The third-order valence-electron chi connectivity index (χ3n) is 4.41. The van der Waals surface area contributed by atoms with Crippen molar-refractivity contribution in [3.05, 3.63) is 54.0 Å². The highest BCUT2D eigenvalue weighted by Crippen LogP contribution is 2.29. The first-order chi connectivity index (χ1) is 11.4. The first-order valence-corrected chi connectivity index (χ1v) is 7.81. The molecule has 128 valence electrons. The van der Waals surface area contributed by atoms with Crippen molar-refractivity contribution in [2.45, 2.75) is 25.2 Å². The molecule has 0 bridgehead atoms. The normalized spacial score (nSPS) is 18.8. The molecule has 0 aliphatic carbocycles. The fraction of sp³-hybridized carbons (Fsp3) is 0.412. The Morgan fingerprint density at radius 2 is 1.96 bits per heavy atom. The molecule has 1 aromatic carbocycles. The molecule has 0 saturated carbocycles. The number of hydrogen-bond acceptors (Lipinski definition) is 4. The van der Waals surface area contributed by atoms with Gasteiger partial charge in [0.15, 0.2) is 0 Å². The van der Waals surface area contributed by atoms with E-state index in [1.54, 1.807) is 18.3 Å². The SMILES string of the molecule is CN(c1ccncn1)C1CCN(Cc2ccc(C(F)(F)F)cc2)C1. The molecular weight excluding hydrogens is 317 g/mol. The van der Waals surface area contributed by atoms with Crippen LogP contribution in [0.4, 0.5) is 19.0 Å². The Balaban J connectivity index is 1.58. The quantitative estimate of drug-likeness (QED) is 0.858. The minimum Gasteiger partial charge on any atom is -0.355 e. The molecular formula is C17H19F3N4. The number of anilines is 1. The van der Waals surface area contributed by atoms with Crippen LogP contribution in [-0.4, -0.2) is 41.0 Å². The van der Waals surface area contributed by atoms with Crippen LogP contribution in [0.5, 0.6) is 0 Å². The average Bonchev–Trinajstić information content (AvgIpc) is 3.03. The first-order valence-electron chi connectivity index (χ1n) is 7.81. The highest BCUT2D eigenvalue weighted by molar-refractivity contribution is 5.37. The molecule has 1 unspecified atom stereocenters. The molecule has 24 heavy (non-hydrogen) atoms. The van der Waals surface area contributed by atoms with E-state index in [4.69, 9.17) is 0 Å². The zero-order valence-corrected chi connectivity index (χ0v) is 13.4. The molecule has 0 spiro atoms. The maximum Gasteiger partial charge on any atom is 0.416 e. The second-order valence-electron chi connectivity index (χ2n) is 6.05. The number of aromatic nitrogens is 2. The van der Waals surface area contributed by atoms with E-state index in [-0.39, 0.29) is 0 Å². The molecule has 4 nitrogen and oxygen atoms in total. The van der Waals surface area contributed by atoms with E-state index in [0.29, 0.717) is 12.6 Å². The number of likely N-dealkylation sites (tertiary alicyclic amines) is 1. The molecule has 1 fully saturated rings. The number of halogens is 3. The van der Waals surface area contributed by atoms with Crippen molar-refractivity contribution in [2.75, 3.05) is 25.0 Å². The van der Waals surface area contributed by atoms with Gasteiger partial charge in [-0.2, -0.15) is 13.2 Å². The molecule has 3 rings (SSSR count). The van der Waals surface area contributed by atoms with Gasteiger partial charge in [0.1, 0.15) is 12.1 Å². The van der Waals surface area contributed by atoms with Crippen molar-refractivity contribution >= 4 is 5.82 Å². The van der Waals surface area contributed by atoms with Crippen LogP contribution < -0.4 is 4.90 Å². The van der Waals surface area contributed by atoms with Gasteiger partial charge in [0.25, 0.3) is 0 Å². The van der Waals surface area contributed by atoms with Crippen LogP contribution in [0.3, 0.4) is 0 Å². The summed E-state index contributed by atoms with van der Waals surface area (Å²) in [5.41, 5.74) is 0.294. The van der Waals surface area contributed by atoms with Gasteiger partial charge in [0, 0.05) is 38.9 Å². The topological polar surface area (TPSA) is 32.3 Å². The minimum atomic E-state index is -4.28. The molecule has 2 heterocycles. The summed E-state index contributed by atoms with van der Waals surface area (Å²) in [6.07, 6.45) is -0.0345. The summed E-state index contributed by atoms with van der Waals surface area (Å²) in [5.74, 6) is 0.881. The van der Waals surface area contributed by atoms with Crippen LogP contribution in [0.25, 0.3) is 0 Å². The zero-order chi connectivity index (χ0) is 17.2.